The molecular weight excluding hydrogens is 470 g/mol. The van der Waals surface area contributed by atoms with Crippen molar-refractivity contribution in [3.8, 4) is 11.5 Å². The zero-order chi connectivity index (χ0) is 25.0. The van der Waals surface area contributed by atoms with Crippen molar-refractivity contribution >= 4 is 27.5 Å². The normalized spacial score (nSPS) is 13.2. The summed E-state index contributed by atoms with van der Waals surface area (Å²) in [6.07, 6.45) is 3.34. The molecule has 0 bridgehead atoms. The molecule has 0 saturated carbocycles. The molecule has 4 rings (SSSR count). The SMILES string of the molecule is CNC(=O)N1CCc2cc(OC)c(OC)cc2C(c2ccc(NS(=O)(=O)c3cccnc3)cc2)=N1. The molecular formula is C24H25N5O5S. The number of anilines is 1. The fraction of sp³-hybridized carbons (Fsp3) is 0.208. The quantitative estimate of drug-likeness (QED) is 0.542. The van der Waals surface area contributed by atoms with E-state index in [9.17, 15) is 13.2 Å². The largest absolute Gasteiger partial charge is 0.493 e. The molecule has 1 aliphatic rings. The number of carbonyl (C=O) groups excluding carboxylic acids is 1. The molecule has 1 aromatic heterocycles. The number of fused-ring (bicyclic) bond motifs is 1. The number of aromatic nitrogens is 1. The van der Waals surface area contributed by atoms with Gasteiger partial charge in [0.15, 0.2) is 11.5 Å². The molecule has 2 aromatic carbocycles. The first-order valence-corrected chi connectivity index (χ1v) is 12.2. The summed E-state index contributed by atoms with van der Waals surface area (Å²) in [4.78, 5) is 16.3. The van der Waals surface area contributed by atoms with Gasteiger partial charge in [-0.25, -0.2) is 18.2 Å². The Morgan fingerprint density at radius 2 is 1.77 bits per heavy atom. The van der Waals surface area contributed by atoms with Crippen LogP contribution in [0.3, 0.4) is 0 Å². The maximum absolute atomic E-state index is 12.6. The molecule has 0 fully saturated rings. The van der Waals surface area contributed by atoms with Crippen LogP contribution < -0.4 is 19.5 Å². The Hall–Kier alpha value is -4.12. The van der Waals surface area contributed by atoms with Gasteiger partial charge in [0.2, 0.25) is 0 Å². The van der Waals surface area contributed by atoms with Gasteiger partial charge in [-0.05, 0) is 48.4 Å². The number of hydrogen-bond donors (Lipinski definition) is 2. The zero-order valence-electron chi connectivity index (χ0n) is 19.5. The van der Waals surface area contributed by atoms with E-state index in [2.05, 4.69) is 20.1 Å². The maximum Gasteiger partial charge on any atom is 0.337 e. The molecule has 0 radical (unpaired) electrons. The van der Waals surface area contributed by atoms with Crippen molar-refractivity contribution in [2.45, 2.75) is 11.3 Å². The highest BCUT2D eigenvalue weighted by Crippen LogP contribution is 2.33. The Morgan fingerprint density at radius 3 is 2.40 bits per heavy atom. The number of hydrazone groups is 1. The number of sulfonamides is 1. The van der Waals surface area contributed by atoms with E-state index in [1.165, 1.54) is 23.5 Å². The summed E-state index contributed by atoms with van der Waals surface area (Å²) in [6.45, 7) is 0.370. The number of amides is 2. The van der Waals surface area contributed by atoms with Gasteiger partial charge in [0.1, 0.15) is 4.90 Å². The van der Waals surface area contributed by atoms with Crippen molar-refractivity contribution in [1.82, 2.24) is 15.3 Å². The molecule has 2 heterocycles. The first kappa shape index (κ1) is 24.0. The number of methoxy groups -OCH3 is 2. The number of pyridine rings is 1. The van der Waals surface area contributed by atoms with Crippen LogP contribution in [0.5, 0.6) is 11.5 Å². The van der Waals surface area contributed by atoms with Crippen molar-refractivity contribution in [2.24, 2.45) is 5.10 Å². The van der Waals surface area contributed by atoms with E-state index < -0.39 is 10.0 Å². The number of hydrogen-bond acceptors (Lipinski definition) is 7. The number of benzene rings is 2. The summed E-state index contributed by atoms with van der Waals surface area (Å²) in [7, 11) is 0.887. The van der Waals surface area contributed by atoms with Gasteiger partial charge < -0.3 is 14.8 Å². The second kappa shape index (κ2) is 10.0. The molecule has 0 unspecified atom stereocenters. The van der Waals surface area contributed by atoms with Crippen LogP contribution in [-0.2, 0) is 16.4 Å². The predicted octanol–water partition coefficient (Wildman–Crippen LogP) is 2.85. The molecule has 0 aliphatic carbocycles. The Bertz CT molecular complexity index is 1360. The standard InChI is InChI=1S/C24H25N5O5S/c1-25-24(30)29-12-10-17-13-21(33-2)22(34-3)14-20(17)23(27-29)16-6-8-18(9-7-16)28-35(31,32)19-5-4-11-26-15-19/h4-9,11,13-15,28H,10,12H2,1-3H3,(H,25,30). The molecule has 2 N–H and O–H groups in total. The lowest BCUT2D eigenvalue weighted by Crippen LogP contribution is -2.35. The van der Waals surface area contributed by atoms with Crippen LogP contribution in [0, 0.1) is 0 Å². The smallest absolute Gasteiger partial charge is 0.337 e. The van der Waals surface area contributed by atoms with Gasteiger partial charge in [0, 0.05) is 36.3 Å². The minimum Gasteiger partial charge on any atom is -0.493 e. The minimum absolute atomic E-state index is 0.0633. The number of ether oxygens (including phenoxy) is 2. The van der Waals surface area contributed by atoms with Crippen LogP contribution in [0.15, 0.2) is 70.9 Å². The Balaban J connectivity index is 1.73. The summed E-state index contributed by atoms with van der Waals surface area (Å²) in [6, 6.07) is 13.2. The summed E-state index contributed by atoms with van der Waals surface area (Å²) in [5.74, 6) is 1.12. The number of carbonyl (C=O) groups is 1. The van der Waals surface area contributed by atoms with Gasteiger partial charge in [0.05, 0.1) is 26.5 Å². The fourth-order valence-electron chi connectivity index (χ4n) is 3.70. The Morgan fingerprint density at radius 1 is 1.06 bits per heavy atom. The fourth-order valence-corrected chi connectivity index (χ4v) is 4.73. The van der Waals surface area contributed by atoms with Crippen LogP contribution in [-0.4, -0.2) is 58.0 Å². The Kier molecular flexibility index (Phi) is 6.87. The molecule has 0 saturated heterocycles. The highest BCUT2D eigenvalue weighted by molar-refractivity contribution is 7.92. The monoisotopic (exact) mass is 495 g/mol. The number of nitrogens with one attached hydrogen (secondary N) is 2. The first-order valence-electron chi connectivity index (χ1n) is 10.7. The van der Waals surface area contributed by atoms with Crippen LogP contribution in [0.25, 0.3) is 0 Å². The third kappa shape index (κ3) is 5.04. The number of nitrogens with zero attached hydrogens (tertiary/aromatic N) is 3. The van der Waals surface area contributed by atoms with Gasteiger partial charge in [-0.3, -0.25) is 9.71 Å². The summed E-state index contributed by atoms with van der Waals surface area (Å²) in [5.41, 5.74) is 3.34. The van der Waals surface area contributed by atoms with Crippen LogP contribution in [0.1, 0.15) is 16.7 Å². The average molecular weight is 496 g/mol. The van der Waals surface area contributed by atoms with E-state index in [1.807, 2.05) is 12.1 Å². The molecule has 0 spiro atoms. The average Bonchev–Trinajstić information content (AvgIpc) is 3.07. The minimum atomic E-state index is -3.78. The molecule has 0 atom stereocenters. The van der Waals surface area contributed by atoms with E-state index in [4.69, 9.17) is 9.47 Å². The van der Waals surface area contributed by atoms with Gasteiger partial charge >= 0.3 is 6.03 Å². The molecule has 1 aliphatic heterocycles. The number of rotatable bonds is 6. The van der Waals surface area contributed by atoms with Crippen molar-refractivity contribution < 1.29 is 22.7 Å². The summed E-state index contributed by atoms with van der Waals surface area (Å²) >= 11 is 0. The first-order chi connectivity index (χ1) is 16.9. The highest BCUT2D eigenvalue weighted by atomic mass is 32.2. The summed E-state index contributed by atoms with van der Waals surface area (Å²) in [5, 5.41) is 8.61. The van der Waals surface area contributed by atoms with E-state index in [0.29, 0.717) is 41.4 Å². The zero-order valence-corrected chi connectivity index (χ0v) is 20.3. The number of urea groups is 1. The highest BCUT2D eigenvalue weighted by Gasteiger charge is 2.24. The molecule has 2 amide bonds. The van der Waals surface area contributed by atoms with Gasteiger partial charge in [-0.1, -0.05) is 12.1 Å². The van der Waals surface area contributed by atoms with E-state index in [-0.39, 0.29) is 10.9 Å². The van der Waals surface area contributed by atoms with E-state index in [0.717, 1.165) is 11.1 Å². The van der Waals surface area contributed by atoms with Crippen LogP contribution >= 0.6 is 0 Å². The van der Waals surface area contributed by atoms with Crippen molar-refractivity contribution in [3.63, 3.8) is 0 Å². The third-order valence-electron chi connectivity index (χ3n) is 5.48. The maximum atomic E-state index is 12.6. The van der Waals surface area contributed by atoms with Gasteiger partial charge in [-0.15, -0.1) is 0 Å². The van der Waals surface area contributed by atoms with Gasteiger partial charge in [-0.2, -0.15) is 5.10 Å². The van der Waals surface area contributed by atoms with Crippen molar-refractivity contribution in [1.29, 1.82) is 0 Å². The van der Waals surface area contributed by atoms with E-state index >= 15 is 0 Å². The molecule has 10 nitrogen and oxygen atoms in total. The topological polar surface area (TPSA) is 122 Å². The molecule has 3 aromatic rings. The van der Waals surface area contributed by atoms with Gasteiger partial charge in [0.25, 0.3) is 10.0 Å². The second-order valence-electron chi connectivity index (χ2n) is 7.61. The lowest BCUT2D eigenvalue weighted by molar-refractivity contribution is 0.203. The predicted molar refractivity (Wildman–Crippen MR) is 132 cm³/mol. The van der Waals surface area contributed by atoms with Crippen LogP contribution in [0.2, 0.25) is 0 Å². The molecule has 11 heteroatoms. The second-order valence-corrected chi connectivity index (χ2v) is 9.30. The Labute approximate surface area is 203 Å². The molecule has 35 heavy (non-hydrogen) atoms. The third-order valence-corrected chi connectivity index (χ3v) is 6.85. The van der Waals surface area contributed by atoms with Crippen molar-refractivity contribution in [2.75, 3.05) is 32.5 Å². The van der Waals surface area contributed by atoms with E-state index in [1.54, 1.807) is 51.6 Å². The molecule has 182 valence electrons. The lowest BCUT2D eigenvalue weighted by Gasteiger charge is -2.16. The summed E-state index contributed by atoms with van der Waals surface area (Å²) < 4.78 is 38.7. The lowest BCUT2D eigenvalue weighted by atomic mass is 9.95. The van der Waals surface area contributed by atoms with Crippen molar-refractivity contribution in [3.05, 3.63) is 77.6 Å². The van der Waals surface area contributed by atoms with Crippen LogP contribution in [0.4, 0.5) is 10.5 Å².